The van der Waals surface area contributed by atoms with E-state index in [9.17, 15) is 18.0 Å². The van der Waals surface area contributed by atoms with Crippen molar-refractivity contribution in [2.75, 3.05) is 13.7 Å². The molecule has 0 fully saturated rings. The van der Waals surface area contributed by atoms with Gasteiger partial charge in [-0.25, -0.2) is 9.48 Å². The number of benzene rings is 3. The predicted octanol–water partition coefficient (Wildman–Crippen LogP) is 5.87. The summed E-state index contributed by atoms with van der Waals surface area (Å²) in [7, 11) is 1.58. The highest BCUT2D eigenvalue weighted by Gasteiger charge is 2.31. The van der Waals surface area contributed by atoms with Crippen LogP contribution in [-0.4, -0.2) is 41.0 Å². The summed E-state index contributed by atoms with van der Waals surface area (Å²) in [4.78, 5) is 12.4. The maximum Gasteiger partial charge on any atom is 0.573 e. The van der Waals surface area contributed by atoms with E-state index >= 15 is 0 Å². The molecule has 0 N–H and O–H groups in total. The number of hydrogen-bond acceptors (Lipinski definition) is 7. The van der Waals surface area contributed by atoms with Gasteiger partial charge in [-0.05, 0) is 60.0 Å². The van der Waals surface area contributed by atoms with Gasteiger partial charge in [-0.1, -0.05) is 41.6 Å². The predicted molar refractivity (Wildman–Crippen MR) is 127 cm³/mol. The number of esters is 1. The number of nitrogens with zero attached hydrogens (tertiary/aromatic N) is 3. The van der Waals surface area contributed by atoms with E-state index < -0.39 is 12.3 Å². The molecule has 4 rings (SSSR count). The smallest absolute Gasteiger partial charge is 0.497 e. The molecule has 0 saturated heterocycles. The lowest BCUT2D eigenvalue weighted by Gasteiger charge is -2.11. The van der Waals surface area contributed by atoms with E-state index in [1.54, 1.807) is 50.4 Å². The summed E-state index contributed by atoms with van der Waals surface area (Å²) in [6, 6.07) is 19.6. The van der Waals surface area contributed by atoms with E-state index in [4.69, 9.17) is 14.2 Å². The van der Waals surface area contributed by atoms with Gasteiger partial charge >= 0.3 is 12.3 Å². The minimum atomic E-state index is -4.75. The molecular formula is C26H22F3N3O5. The number of alkyl halides is 3. The van der Waals surface area contributed by atoms with Crippen molar-refractivity contribution in [2.24, 2.45) is 0 Å². The van der Waals surface area contributed by atoms with Gasteiger partial charge in [0.15, 0.2) is 0 Å². The molecule has 37 heavy (non-hydrogen) atoms. The van der Waals surface area contributed by atoms with Gasteiger partial charge in [-0.2, -0.15) is 0 Å². The molecule has 0 aliphatic rings. The first kappa shape index (κ1) is 25.5. The molecule has 8 nitrogen and oxygen atoms in total. The fourth-order valence-corrected chi connectivity index (χ4v) is 3.42. The van der Waals surface area contributed by atoms with Gasteiger partial charge < -0.3 is 18.9 Å². The summed E-state index contributed by atoms with van der Waals surface area (Å²) >= 11 is 0. The Morgan fingerprint density at radius 2 is 1.43 bits per heavy atom. The SMILES string of the molecule is CCOC(=O)c1nnn(Cc2ccc(OC)cc2)c1Oc1ccc(-c2ccc(OC(F)(F)F)cc2)cc1. The highest BCUT2D eigenvalue weighted by atomic mass is 19.4. The number of halogens is 3. The molecule has 0 unspecified atom stereocenters. The highest BCUT2D eigenvalue weighted by Crippen LogP contribution is 2.30. The third kappa shape index (κ3) is 6.57. The second-order valence-corrected chi connectivity index (χ2v) is 7.67. The van der Waals surface area contributed by atoms with E-state index in [2.05, 4.69) is 15.0 Å². The number of aromatic nitrogens is 3. The molecule has 0 saturated carbocycles. The topological polar surface area (TPSA) is 84.7 Å². The van der Waals surface area contributed by atoms with Crippen LogP contribution < -0.4 is 14.2 Å². The van der Waals surface area contributed by atoms with Crippen molar-refractivity contribution in [3.05, 3.63) is 84.1 Å². The zero-order chi connectivity index (χ0) is 26.4. The zero-order valence-corrected chi connectivity index (χ0v) is 19.9. The normalized spacial score (nSPS) is 11.2. The average Bonchev–Trinajstić information content (AvgIpc) is 3.26. The second-order valence-electron chi connectivity index (χ2n) is 7.67. The third-order valence-corrected chi connectivity index (χ3v) is 5.14. The molecule has 3 aromatic carbocycles. The third-order valence-electron chi connectivity index (χ3n) is 5.14. The van der Waals surface area contributed by atoms with Crippen LogP contribution in [0.15, 0.2) is 72.8 Å². The van der Waals surface area contributed by atoms with Crippen molar-refractivity contribution in [3.8, 4) is 34.3 Å². The van der Waals surface area contributed by atoms with Gasteiger partial charge in [-0.15, -0.1) is 18.3 Å². The molecule has 1 aromatic heterocycles. The molecule has 0 bridgehead atoms. The van der Waals surface area contributed by atoms with Crippen LogP contribution >= 0.6 is 0 Å². The Labute approximate surface area is 210 Å². The molecule has 1 heterocycles. The largest absolute Gasteiger partial charge is 0.573 e. The second kappa shape index (κ2) is 11.0. The fraction of sp³-hybridized carbons (Fsp3) is 0.192. The van der Waals surface area contributed by atoms with Crippen molar-refractivity contribution < 1.29 is 36.9 Å². The molecular weight excluding hydrogens is 491 g/mol. The summed E-state index contributed by atoms with van der Waals surface area (Å²) in [5.41, 5.74) is 2.22. The van der Waals surface area contributed by atoms with E-state index in [0.717, 1.165) is 11.1 Å². The number of methoxy groups -OCH3 is 1. The maximum atomic E-state index is 12.4. The molecule has 0 aliphatic heterocycles. The van der Waals surface area contributed by atoms with Crippen LogP contribution in [0.4, 0.5) is 13.2 Å². The van der Waals surface area contributed by atoms with Crippen LogP contribution in [-0.2, 0) is 11.3 Å². The standard InChI is InChI=1S/C26H22F3N3O5/c1-3-35-25(33)23-24(32(31-30-23)16-17-4-10-20(34-2)11-5-17)36-21-12-6-18(7-13-21)19-8-14-22(15-9-19)37-26(27,28)29/h4-15H,3,16H2,1-2H3. The summed E-state index contributed by atoms with van der Waals surface area (Å²) in [6.45, 7) is 2.11. The highest BCUT2D eigenvalue weighted by molar-refractivity contribution is 5.89. The number of hydrogen-bond donors (Lipinski definition) is 0. The average molecular weight is 513 g/mol. The lowest BCUT2D eigenvalue weighted by atomic mass is 10.1. The van der Waals surface area contributed by atoms with Crippen LogP contribution in [0.5, 0.6) is 23.1 Å². The molecule has 11 heteroatoms. The summed E-state index contributed by atoms with van der Waals surface area (Å²) in [6.07, 6.45) is -4.75. The van der Waals surface area contributed by atoms with E-state index in [0.29, 0.717) is 17.1 Å². The first-order valence-electron chi connectivity index (χ1n) is 11.1. The molecule has 0 spiro atoms. The van der Waals surface area contributed by atoms with E-state index in [1.165, 1.54) is 28.9 Å². The van der Waals surface area contributed by atoms with Gasteiger partial charge in [0.2, 0.25) is 5.69 Å². The fourth-order valence-electron chi connectivity index (χ4n) is 3.42. The lowest BCUT2D eigenvalue weighted by molar-refractivity contribution is -0.274. The van der Waals surface area contributed by atoms with E-state index in [-0.39, 0.29) is 30.5 Å². The first-order valence-corrected chi connectivity index (χ1v) is 11.1. The molecule has 0 aliphatic carbocycles. The van der Waals surface area contributed by atoms with Crippen molar-refractivity contribution in [2.45, 2.75) is 19.8 Å². The summed E-state index contributed by atoms with van der Waals surface area (Å²) < 4.78 is 58.8. The Bertz CT molecular complexity index is 1340. The van der Waals surface area contributed by atoms with Crippen LogP contribution in [0.25, 0.3) is 11.1 Å². The summed E-state index contributed by atoms with van der Waals surface area (Å²) in [5.74, 6) is 0.227. The molecule has 0 radical (unpaired) electrons. The zero-order valence-electron chi connectivity index (χ0n) is 19.9. The Morgan fingerprint density at radius 3 is 1.97 bits per heavy atom. The van der Waals surface area contributed by atoms with Crippen molar-refractivity contribution in [1.29, 1.82) is 0 Å². The number of ether oxygens (including phenoxy) is 4. The van der Waals surface area contributed by atoms with Gasteiger partial charge in [0.25, 0.3) is 5.88 Å². The van der Waals surface area contributed by atoms with Crippen LogP contribution in [0.1, 0.15) is 23.0 Å². The number of carbonyl (C=O) groups excluding carboxylic acids is 1. The Hall–Kier alpha value is -4.54. The number of carbonyl (C=O) groups is 1. The van der Waals surface area contributed by atoms with Crippen LogP contribution in [0.3, 0.4) is 0 Å². The molecule has 4 aromatic rings. The minimum absolute atomic E-state index is 0.0697. The van der Waals surface area contributed by atoms with Gasteiger partial charge in [-0.3, -0.25) is 0 Å². The lowest BCUT2D eigenvalue weighted by Crippen LogP contribution is -2.16. The summed E-state index contributed by atoms with van der Waals surface area (Å²) in [5, 5.41) is 8.03. The van der Waals surface area contributed by atoms with Crippen LogP contribution in [0.2, 0.25) is 0 Å². The molecule has 192 valence electrons. The maximum absolute atomic E-state index is 12.4. The van der Waals surface area contributed by atoms with E-state index in [1.807, 2.05) is 12.1 Å². The van der Waals surface area contributed by atoms with Gasteiger partial charge in [0.05, 0.1) is 20.3 Å². The molecule has 0 atom stereocenters. The van der Waals surface area contributed by atoms with Gasteiger partial charge in [0, 0.05) is 0 Å². The molecule has 0 amide bonds. The number of rotatable bonds is 9. The van der Waals surface area contributed by atoms with Crippen molar-refractivity contribution in [1.82, 2.24) is 15.0 Å². The van der Waals surface area contributed by atoms with Gasteiger partial charge in [0.1, 0.15) is 17.2 Å². The Kier molecular flexibility index (Phi) is 7.61. The Balaban J connectivity index is 1.55. The van der Waals surface area contributed by atoms with Crippen LogP contribution in [0, 0.1) is 0 Å². The van der Waals surface area contributed by atoms with Crippen molar-refractivity contribution in [3.63, 3.8) is 0 Å². The minimum Gasteiger partial charge on any atom is -0.497 e. The first-order chi connectivity index (χ1) is 17.8. The Morgan fingerprint density at radius 1 is 0.865 bits per heavy atom. The quantitative estimate of drug-likeness (QED) is 0.259. The van der Waals surface area contributed by atoms with Crippen molar-refractivity contribution >= 4 is 5.97 Å². The monoisotopic (exact) mass is 513 g/mol.